The average Bonchev–Trinajstić information content (AvgIpc) is 2.78. The first-order valence-electron chi connectivity index (χ1n) is 11.0. The molecule has 0 radical (unpaired) electrons. The lowest BCUT2D eigenvalue weighted by Crippen LogP contribution is -2.53. The molecule has 1 aliphatic rings. The largest absolute Gasteiger partial charge is 0.334 e. The molecule has 2 heterocycles. The fraction of sp³-hybridized carbons (Fsp3) is 0.269. The molecule has 2 aromatic carbocycles. The molecule has 0 aliphatic carbocycles. The molecule has 1 aliphatic heterocycles. The maximum atomic E-state index is 13.1. The summed E-state index contributed by atoms with van der Waals surface area (Å²) in [4.78, 5) is 33.1. The zero-order valence-electron chi connectivity index (χ0n) is 18.8. The van der Waals surface area contributed by atoms with Crippen LogP contribution in [0.15, 0.2) is 60.8 Å². The molecular weight excluding hydrogens is 419 g/mol. The topological polar surface area (TPSA) is 65.5 Å². The van der Waals surface area contributed by atoms with Crippen LogP contribution in [0.2, 0.25) is 0 Å². The molecule has 0 spiro atoms. The van der Waals surface area contributed by atoms with E-state index >= 15 is 0 Å². The van der Waals surface area contributed by atoms with Gasteiger partial charge in [0.15, 0.2) is 0 Å². The Morgan fingerprint density at radius 1 is 1.18 bits per heavy atom. The third-order valence-electron chi connectivity index (χ3n) is 5.80. The third kappa shape index (κ3) is 5.62. The molecule has 6 nitrogen and oxygen atoms in total. The van der Waals surface area contributed by atoms with Crippen molar-refractivity contribution in [3.05, 3.63) is 77.7 Å². The van der Waals surface area contributed by atoms with E-state index in [4.69, 9.17) is 0 Å². The number of pyridine rings is 1. The number of hydrogen-bond acceptors (Lipinski definition) is 4. The Balaban J connectivity index is 1.44. The molecule has 1 N–H and O–H groups in total. The van der Waals surface area contributed by atoms with Gasteiger partial charge < -0.3 is 10.2 Å². The van der Waals surface area contributed by atoms with E-state index in [1.165, 1.54) is 19.1 Å². The SMILES string of the molecule is CC(=O)Nc1cc2cccnc2cc1/C=C/C(=O)N1CCN(Cc2ccc(F)cc2)CC1C. The van der Waals surface area contributed by atoms with Crippen LogP contribution in [0.3, 0.4) is 0 Å². The highest BCUT2D eigenvalue weighted by molar-refractivity contribution is 5.98. The molecule has 3 aromatic rings. The molecule has 1 unspecified atom stereocenters. The van der Waals surface area contributed by atoms with Gasteiger partial charge in [0.05, 0.1) is 5.52 Å². The summed E-state index contributed by atoms with van der Waals surface area (Å²) in [5, 5.41) is 3.75. The predicted octanol–water partition coefficient (Wildman–Crippen LogP) is 4.08. The Morgan fingerprint density at radius 2 is 1.97 bits per heavy atom. The Kier molecular flexibility index (Phi) is 6.79. The number of carbonyl (C=O) groups excluding carboxylic acids is 2. The van der Waals surface area contributed by atoms with E-state index in [1.807, 2.05) is 36.1 Å². The van der Waals surface area contributed by atoms with E-state index in [9.17, 15) is 14.0 Å². The summed E-state index contributed by atoms with van der Waals surface area (Å²) in [5.74, 6) is -0.484. The summed E-state index contributed by atoms with van der Waals surface area (Å²) in [6, 6.07) is 14.1. The van der Waals surface area contributed by atoms with Gasteiger partial charge in [0.2, 0.25) is 11.8 Å². The predicted molar refractivity (Wildman–Crippen MR) is 128 cm³/mol. The van der Waals surface area contributed by atoms with Crippen molar-refractivity contribution in [1.29, 1.82) is 0 Å². The molecule has 0 saturated carbocycles. The minimum Gasteiger partial charge on any atom is -0.334 e. The van der Waals surface area contributed by atoms with E-state index in [0.717, 1.165) is 41.7 Å². The zero-order chi connectivity index (χ0) is 23.4. The van der Waals surface area contributed by atoms with Crippen LogP contribution < -0.4 is 5.32 Å². The van der Waals surface area contributed by atoms with Gasteiger partial charge in [-0.1, -0.05) is 18.2 Å². The van der Waals surface area contributed by atoms with Crippen molar-refractivity contribution in [1.82, 2.24) is 14.8 Å². The van der Waals surface area contributed by atoms with Crippen LogP contribution >= 0.6 is 0 Å². The Morgan fingerprint density at radius 3 is 2.70 bits per heavy atom. The molecule has 1 saturated heterocycles. The number of amides is 2. The first-order chi connectivity index (χ1) is 15.9. The molecule has 2 amide bonds. The smallest absolute Gasteiger partial charge is 0.246 e. The van der Waals surface area contributed by atoms with Gasteiger partial charge in [-0.25, -0.2) is 4.39 Å². The van der Waals surface area contributed by atoms with Crippen LogP contribution in [0.25, 0.3) is 17.0 Å². The number of carbonyl (C=O) groups is 2. The van der Waals surface area contributed by atoms with Crippen molar-refractivity contribution in [3.8, 4) is 0 Å². The Bertz CT molecular complexity index is 1190. The molecule has 1 atom stereocenters. The standard InChI is InChI=1S/C26H27FN4O2/c1-18-16-30(17-20-5-8-23(27)9-6-20)12-13-31(18)26(33)10-7-22-14-24-21(4-3-11-28-24)15-25(22)29-19(2)32/h3-11,14-15,18H,12-13,16-17H2,1-2H3,(H,29,32)/b10-7+. The second-order valence-corrected chi connectivity index (χ2v) is 8.39. The van der Waals surface area contributed by atoms with Crippen molar-refractivity contribution in [2.24, 2.45) is 0 Å². The van der Waals surface area contributed by atoms with Gasteiger partial charge in [-0.2, -0.15) is 0 Å². The van der Waals surface area contributed by atoms with E-state index in [-0.39, 0.29) is 23.7 Å². The molecule has 170 valence electrons. The van der Waals surface area contributed by atoms with E-state index < -0.39 is 0 Å². The van der Waals surface area contributed by atoms with Gasteiger partial charge in [0.1, 0.15) is 5.82 Å². The minimum atomic E-state index is -0.238. The van der Waals surface area contributed by atoms with Crippen molar-refractivity contribution in [3.63, 3.8) is 0 Å². The fourth-order valence-electron chi connectivity index (χ4n) is 4.18. The van der Waals surface area contributed by atoms with Gasteiger partial charge in [-0.05, 0) is 48.9 Å². The lowest BCUT2D eigenvalue weighted by molar-refractivity contribution is -0.130. The summed E-state index contributed by atoms with van der Waals surface area (Å²) in [6.07, 6.45) is 5.01. The second kappa shape index (κ2) is 9.92. The van der Waals surface area contributed by atoms with Crippen molar-refractivity contribution >= 4 is 34.5 Å². The minimum absolute atomic E-state index is 0.0458. The van der Waals surface area contributed by atoms with Crippen LogP contribution in [0.1, 0.15) is 25.0 Å². The molecule has 0 bridgehead atoms. The molecule has 33 heavy (non-hydrogen) atoms. The number of hydrogen-bond donors (Lipinski definition) is 1. The van der Waals surface area contributed by atoms with Gasteiger partial charge >= 0.3 is 0 Å². The van der Waals surface area contributed by atoms with Crippen LogP contribution in [0.5, 0.6) is 0 Å². The first-order valence-corrected chi connectivity index (χ1v) is 11.0. The summed E-state index contributed by atoms with van der Waals surface area (Å²) >= 11 is 0. The molecule has 1 fully saturated rings. The quantitative estimate of drug-likeness (QED) is 0.600. The van der Waals surface area contributed by atoms with Crippen LogP contribution in [0.4, 0.5) is 10.1 Å². The highest BCUT2D eigenvalue weighted by Crippen LogP contribution is 2.24. The Labute approximate surface area is 192 Å². The number of nitrogens with zero attached hydrogens (tertiary/aromatic N) is 3. The maximum absolute atomic E-state index is 13.1. The molecule has 1 aromatic heterocycles. The zero-order valence-corrected chi connectivity index (χ0v) is 18.8. The van der Waals surface area contributed by atoms with Gasteiger partial charge in [0.25, 0.3) is 0 Å². The van der Waals surface area contributed by atoms with Crippen molar-refractivity contribution < 1.29 is 14.0 Å². The van der Waals surface area contributed by atoms with Crippen molar-refractivity contribution in [2.75, 3.05) is 25.0 Å². The Hall–Kier alpha value is -3.58. The second-order valence-electron chi connectivity index (χ2n) is 8.39. The van der Waals surface area contributed by atoms with E-state index in [0.29, 0.717) is 12.2 Å². The van der Waals surface area contributed by atoms with Crippen LogP contribution in [-0.4, -0.2) is 52.3 Å². The fourth-order valence-corrected chi connectivity index (χ4v) is 4.18. The maximum Gasteiger partial charge on any atom is 0.246 e. The number of piperazine rings is 1. The number of fused-ring (bicyclic) bond motifs is 1. The summed E-state index contributed by atoms with van der Waals surface area (Å²) in [7, 11) is 0. The van der Waals surface area contributed by atoms with Gasteiger partial charge in [-0.3, -0.25) is 19.5 Å². The number of halogens is 1. The monoisotopic (exact) mass is 446 g/mol. The molecular formula is C26H27FN4O2. The summed E-state index contributed by atoms with van der Waals surface area (Å²) < 4.78 is 13.1. The van der Waals surface area contributed by atoms with Crippen LogP contribution in [-0.2, 0) is 16.1 Å². The summed E-state index contributed by atoms with van der Waals surface area (Å²) in [5.41, 5.74) is 3.22. The van der Waals surface area contributed by atoms with E-state index in [1.54, 1.807) is 30.5 Å². The lowest BCUT2D eigenvalue weighted by Gasteiger charge is -2.39. The number of anilines is 1. The van der Waals surface area contributed by atoms with Gasteiger partial charge in [0, 0.05) is 68.1 Å². The lowest BCUT2D eigenvalue weighted by atomic mass is 10.1. The normalized spacial score (nSPS) is 16.9. The third-order valence-corrected chi connectivity index (χ3v) is 5.80. The number of rotatable bonds is 5. The molecule has 7 heteroatoms. The summed E-state index contributed by atoms with van der Waals surface area (Å²) in [6.45, 7) is 6.33. The number of nitrogens with one attached hydrogen (secondary N) is 1. The van der Waals surface area contributed by atoms with Crippen LogP contribution in [0, 0.1) is 5.82 Å². The average molecular weight is 447 g/mol. The number of benzene rings is 2. The highest BCUT2D eigenvalue weighted by Gasteiger charge is 2.26. The van der Waals surface area contributed by atoms with E-state index in [2.05, 4.69) is 15.2 Å². The number of aromatic nitrogens is 1. The molecule has 4 rings (SSSR count). The van der Waals surface area contributed by atoms with Crippen molar-refractivity contribution in [2.45, 2.75) is 26.4 Å². The van der Waals surface area contributed by atoms with Gasteiger partial charge in [-0.15, -0.1) is 0 Å². The first kappa shape index (κ1) is 22.6. The highest BCUT2D eigenvalue weighted by atomic mass is 19.1.